The van der Waals surface area contributed by atoms with Crippen molar-refractivity contribution in [1.82, 2.24) is 0 Å². The van der Waals surface area contributed by atoms with Crippen molar-refractivity contribution >= 4 is 35.0 Å². The summed E-state index contributed by atoms with van der Waals surface area (Å²) in [5, 5.41) is 17.9. The van der Waals surface area contributed by atoms with Crippen molar-refractivity contribution in [2.75, 3.05) is 0 Å². The molecule has 0 aliphatic carbocycles. The molecule has 0 aromatic rings. The molecule has 7 heteroatoms. The van der Waals surface area contributed by atoms with Crippen LogP contribution in [0, 0.1) is 0 Å². The standard InChI is InChI=1S/C2H2O4.Mg.2H2O/c3-1(4)2(5)6;;;/h(H,3,4)(H,5,6);;2*1H2/q;+2;;/p-2. The van der Waals surface area contributed by atoms with Crippen molar-refractivity contribution < 1.29 is 30.8 Å². The van der Waals surface area contributed by atoms with E-state index in [0.717, 1.165) is 0 Å². The Hall–Kier alpha value is -0.374. The minimum atomic E-state index is -2.19. The molecule has 0 spiro atoms. The minimum absolute atomic E-state index is 0. The first-order valence-electron chi connectivity index (χ1n) is 1.07. The van der Waals surface area contributed by atoms with E-state index in [0.29, 0.717) is 0 Å². The SMILES string of the molecule is O.O.O=C([O-])C(=O)[O-].[Mg+2]. The van der Waals surface area contributed by atoms with Crippen LogP contribution in [0.2, 0.25) is 0 Å². The fourth-order valence-corrected chi connectivity index (χ4v) is 0. The summed E-state index contributed by atoms with van der Waals surface area (Å²) in [7, 11) is 0. The maximum atomic E-state index is 8.93. The van der Waals surface area contributed by atoms with E-state index >= 15 is 0 Å². The van der Waals surface area contributed by atoms with Crippen LogP contribution < -0.4 is 10.2 Å². The summed E-state index contributed by atoms with van der Waals surface area (Å²) in [6, 6.07) is 0. The van der Waals surface area contributed by atoms with Gasteiger partial charge >= 0.3 is 23.1 Å². The van der Waals surface area contributed by atoms with Crippen molar-refractivity contribution in [2.45, 2.75) is 0 Å². The van der Waals surface area contributed by atoms with E-state index in [1.165, 1.54) is 0 Å². The van der Waals surface area contributed by atoms with Crippen LogP contribution in [-0.4, -0.2) is 45.9 Å². The predicted octanol–water partition coefficient (Wildman–Crippen LogP) is -5.54. The second-order valence-corrected chi connectivity index (χ2v) is 0.575. The van der Waals surface area contributed by atoms with Gasteiger partial charge in [0.25, 0.3) is 0 Å². The summed E-state index contributed by atoms with van der Waals surface area (Å²) in [6.45, 7) is 0. The Morgan fingerprint density at radius 3 is 1.00 bits per heavy atom. The number of carbonyl (C=O) groups is 2. The number of hydrogen-bond acceptors (Lipinski definition) is 4. The zero-order valence-electron chi connectivity index (χ0n) is 4.34. The fourth-order valence-electron chi connectivity index (χ4n) is 0. The van der Waals surface area contributed by atoms with Gasteiger partial charge in [0.15, 0.2) is 0 Å². The molecule has 0 bridgehead atoms. The molecule has 0 heterocycles. The van der Waals surface area contributed by atoms with Gasteiger partial charge in [0.05, 0.1) is 11.9 Å². The number of carboxylic acids is 2. The van der Waals surface area contributed by atoms with E-state index in [-0.39, 0.29) is 34.0 Å². The second kappa shape index (κ2) is 10.6. The quantitative estimate of drug-likeness (QED) is 0.249. The molecule has 0 aliphatic heterocycles. The van der Waals surface area contributed by atoms with Crippen molar-refractivity contribution in [3.8, 4) is 0 Å². The van der Waals surface area contributed by atoms with Gasteiger partial charge in [-0.1, -0.05) is 0 Å². The third-order valence-electron chi connectivity index (χ3n) is 0.167. The largest absolute Gasteiger partial charge is 2.00 e. The summed E-state index contributed by atoms with van der Waals surface area (Å²) in [4.78, 5) is 17.9. The molecular formula is C2H4MgO6. The number of rotatable bonds is 0. The molecule has 0 unspecified atom stereocenters. The fraction of sp³-hybridized carbons (Fsp3) is 0. The van der Waals surface area contributed by atoms with Gasteiger partial charge in [-0.05, 0) is 0 Å². The molecule has 6 nitrogen and oxygen atoms in total. The molecule has 9 heavy (non-hydrogen) atoms. The molecule has 4 N–H and O–H groups in total. The molecule has 50 valence electrons. The van der Waals surface area contributed by atoms with Crippen LogP contribution in [0.5, 0.6) is 0 Å². The number of carbonyl (C=O) groups excluding carboxylic acids is 2. The molecule has 0 fully saturated rings. The number of aliphatic carboxylic acids is 2. The molecule has 0 amide bonds. The smallest absolute Gasteiger partial charge is 0.543 e. The van der Waals surface area contributed by atoms with Gasteiger partial charge in [-0.15, -0.1) is 0 Å². The van der Waals surface area contributed by atoms with Crippen LogP contribution in [0.1, 0.15) is 0 Å². The van der Waals surface area contributed by atoms with Gasteiger partial charge in [0.2, 0.25) is 0 Å². The van der Waals surface area contributed by atoms with Crippen molar-refractivity contribution in [2.24, 2.45) is 0 Å². The maximum absolute atomic E-state index is 8.93. The molecule has 0 aromatic carbocycles. The van der Waals surface area contributed by atoms with Crippen LogP contribution in [0.4, 0.5) is 0 Å². The molecule has 0 atom stereocenters. The van der Waals surface area contributed by atoms with Gasteiger partial charge < -0.3 is 30.8 Å². The van der Waals surface area contributed by atoms with Crippen molar-refractivity contribution in [1.29, 1.82) is 0 Å². The average Bonchev–Trinajstić information content (AvgIpc) is 1.36. The summed E-state index contributed by atoms with van der Waals surface area (Å²) in [5.74, 6) is -4.37. The number of hydrogen-bond donors (Lipinski definition) is 0. The van der Waals surface area contributed by atoms with Crippen molar-refractivity contribution in [3.05, 3.63) is 0 Å². The van der Waals surface area contributed by atoms with Gasteiger partial charge in [-0.25, -0.2) is 0 Å². The molecule has 0 aromatic heterocycles. The molecule has 0 saturated carbocycles. The van der Waals surface area contributed by atoms with E-state index in [1.807, 2.05) is 0 Å². The maximum Gasteiger partial charge on any atom is 2.00 e. The summed E-state index contributed by atoms with van der Waals surface area (Å²) >= 11 is 0. The van der Waals surface area contributed by atoms with Crippen LogP contribution in [0.25, 0.3) is 0 Å². The third-order valence-corrected chi connectivity index (χ3v) is 0.167. The van der Waals surface area contributed by atoms with E-state index in [1.54, 1.807) is 0 Å². The van der Waals surface area contributed by atoms with Crippen LogP contribution in [0.3, 0.4) is 0 Å². The molecule has 0 aliphatic rings. The van der Waals surface area contributed by atoms with Gasteiger partial charge in [0, 0.05) is 0 Å². The predicted molar refractivity (Wildman–Crippen MR) is 23.0 cm³/mol. The van der Waals surface area contributed by atoms with E-state index in [4.69, 9.17) is 19.8 Å². The summed E-state index contributed by atoms with van der Waals surface area (Å²) < 4.78 is 0. The Kier molecular flexibility index (Phi) is 27.6. The van der Waals surface area contributed by atoms with Gasteiger partial charge in [-0.2, -0.15) is 0 Å². The Morgan fingerprint density at radius 1 is 0.889 bits per heavy atom. The molecular weight excluding hydrogens is 144 g/mol. The van der Waals surface area contributed by atoms with E-state index in [2.05, 4.69) is 0 Å². The Labute approximate surface area is 66.2 Å². The topological polar surface area (TPSA) is 143 Å². The number of carboxylic acid groups (broad SMARTS) is 2. The second-order valence-electron chi connectivity index (χ2n) is 0.575. The Balaban J connectivity index is -0.0000000417. The third kappa shape index (κ3) is 18.4. The zero-order valence-corrected chi connectivity index (χ0v) is 5.75. The Bertz CT molecular complexity index is 77.1. The molecule has 0 rings (SSSR count). The first kappa shape index (κ1) is 23.4. The first-order chi connectivity index (χ1) is 2.64. The molecule has 0 saturated heterocycles. The van der Waals surface area contributed by atoms with Crippen LogP contribution in [-0.2, 0) is 9.59 Å². The zero-order chi connectivity index (χ0) is 5.15. The first-order valence-corrected chi connectivity index (χ1v) is 1.07. The summed E-state index contributed by atoms with van der Waals surface area (Å²) in [6.07, 6.45) is 0. The van der Waals surface area contributed by atoms with Crippen LogP contribution in [0.15, 0.2) is 0 Å². The molecule has 0 radical (unpaired) electrons. The summed E-state index contributed by atoms with van der Waals surface area (Å²) in [5.41, 5.74) is 0. The van der Waals surface area contributed by atoms with E-state index in [9.17, 15) is 0 Å². The van der Waals surface area contributed by atoms with Gasteiger partial charge in [-0.3, -0.25) is 0 Å². The monoisotopic (exact) mass is 148 g/mol. The van der Waals surface area contributed by atoms with Crippen LogP contribution >= 0.6 is 0 Å². The van der Waals surface area contributed by atoms with Crippen molar-refractivity contribution in [3.63, 3.8) is 0 Å². The van der Waals surface area contributed by atoms with E-state index < -0.39 is 11.9 Å². The average molecular weight is 148 g/mol. The normalized spacial score (nSPS) is 4.89. The minimum Gasteiger partial charge on any atom is -0.543 e. The Morgan fingerprint density at radius 2 is 1.00 bits per heavy atom. The van der Waals surface area contributed by atoms with Gasteiger partial charge in [0.1, 0.15) is 0 Å².